The van der Waals surface area contributed by atoms with Gasteiger partial charge in [0.1, 0.15) is 11.6 Å². The van der Waals surface area contributed by atoms with Crippen molar-refractivity contribution in [2.24, 2.45) is 5.92 Å². The van der Waals surface area contributed by atoms with Crippen LogP contribution in [0.15, 0.2) is 6.07 Å². The number of hydrogen-bond acceptors (Lipinski definition) is 4. The highest BCUT2D eigenvalue weighted by molar-refractivity contribution is 7.99. The number of aromatic nitrogens is 2. The fraction of sp³-hybridized carbons (Fsp3) is 0.714. The topological polar surface area (TPSA) is 37.8 Å². The molecule has 1 aromatic rings. The number of hydrogen-bond donors (Lipinski definition) is 1. The maximum Gasteiger partial charge on any atom is 0.140 e. The molecule has 0 amide bonds. The van der Waals surface area contributed by atoms with Gasteiger partial charge in [-0.3, -0.25) is 0 Å². The summed E-state index contributed by atoms with van der Waals surface area (Å²) in [5.41, 5.74) is 1.13. The highest BCUT2D eigenvalue weighted by atomic mass is 32.2. The highest BCUT2D eigenvalue weighted by Gasteiger charge is 2.13. The van der Waals surface area contributed by atoms with E-state index in [-0.39, 0.29) is 4.75 Å². The molecule has 1 N–H and O–H groups in total. The van der Waals surface area contributed by atoms with E-state index in [4.69, 9.17) is 0 Å². The molecule has 0 bridgehead atoms. The van der Waals surface area contributed by atoms with Crippen LogP contribution in [0.25, 0.3) is 0 Å². The van der Waals surface area contributed by atoms with Gasteiger partial charge in [0.25, 0.3) is 0 Å². The number of nitrogens with zero attached hydrogens (tertiary/aromatic N) is 2. The van der Waals surface area contributed by atoms with Crippen molar-refractivity contribution in [3.63, 3.8) is 0 Å². The molecule has 0 aromatic carbocycles. The number of thioether (sulfide) groups is 1. The van der Waals surface area contributed by atoms with Gasteiger partial charge >= 0.3 is 0 Å². The summed E-state index contributed by atoms with van der Waals surface area (Å²) in [5, 5.41) is 3.12. The van der Waals surface area contributed by atoms with Crippen LogP contribution in [0.1, 0.15) is 46.1 Å². The van der Waals surface area contributed by atoms with E-state index in [9.17, 15) is 0 Å². The summed E-state index contributed by atoms with van der Waals surface area (Å²) in [5.74, 6) is 3.33. The third kappa shape index (κ3) is 5.71. The number of rotatable bonds is 5. The van der Waals surface area contributed by atoms with Crippen LogP contribution in [0.4, 0.5) is 5.82 Å². The van der Waals surface area contributed by atoms with Crippen LogP contribution in [0.2, 0.25) is 0 Å². The molecule has 1 heterocycles. The quantitative estimate of drug-likeness (QED) is 0.881. The summed E-state index contributed by atoms with van der Waals surface area (Å²) in [6, 6.07) is 2.05. The van der Waals surface area contributed by atoms with Crippen molar-refractivity contribution < 1.29 is 0 Å². The van der Waals surface area contributed by atoms with Crippen LogP contribution in [0.3, 0.4) is 0 Å². The first-order valence-electron chi connectivity index (χ1n) is 6.48. The molecular weight excluding hydrogens is 242 g/mol. The lowest BCUT2D eigenvalue weighted by molar-refractivity contribution is 0.632. The second kappa shape index (κ2) is 6.41. The van der Waals surface area contributed by atoms with Crippen LogP contribution < -0.4 is 5.32 Å². The molecule has 0 fully saturated rings. The lowest BCUT2D eigenvalue weighted by Crippen LogP contribution is -2.10. The van der Waals surface area contributed by atoms with Gasteiger partial charge in [0.05, 0.1) is 5.75 Å². The van der Waals surface area contributed by atoms with Crippen molar-refractivity contribution in [2.75, 3.05) is 12.4 Å². The fourth-order valence-corrected chi connectivity index (χ4v) is 2.24. The van der Waals surface area contributed by atoms with E-state index in [1.807, 2.05) is 24.9 Å². The summed E-state index contributed by atoms with van der Waals surface area (Å²) < 4.78 is 0.247. The minimum Gasteiger partial charge on any atom is -0.373 e. The average Bonchev–Trinajstić information content (AvgIpc) is 2.24. The third-order valence-corrected chi connectivity index (χ3v) is 3.60. The van der Waals surface area contributed by atoms with Gasteiger partial charge in [0.15, 0.2) is 0 Å². The molecule has 0 aliphatic heterocycles. The molecular formula is C14H25N3S. The van der Waals surface area contributed by atoms with Crippen LogP contribution >= 0.6 is 11.8 Å². The van der Waals surface area contributed by atoms with Gasteiger partial charge in [-0.2, -0.15) is 0 Å². The van der Waals surface area contributed by atoms with E-state index in [2.05, 4.69) is 49.9 Å². The van der Waals surface area contributed by atoms with E-state index < -0.39 is 0 Å². The van der Waals surface area contributed by atoms with Crippen molar-refractivity contribution in [1.29, 1.82) is 0 Å². The first kappa shape index (κ1) is 15.3. The van der Waals surface area contributed by atoms with E-state index in [1.165, 1.54) is 0 Å². The molecule has 0 radical (unpaired) electrons. The predicted molar refractivity (Wildman–Crippen MR) is 81.2 cm³/mol. The number of nitrogens with one attached hydrogen (secondary N) is 1. The fourth-order valence-electron chi connectivity index (χ4n) is 1.55. The standard InChI is InChI=1S/C14H25N3S/c1-10(2)7-11-8-12(15-6)17-13(16-11)9-18-14(3,4)5/h8,10H,7,9H2,1-6H3,(H,15,16,17). The first-order chi connectivity index (χ1) is 8.30. The Kier molecular flexibility index (Phi) is 5.45. The second-order valence-corrected chi connectivity index (χ2v) is 7.71. The molecule has 0 saturated heterocycles. The molecule has 18 heavy (non-hydrogen) atoms. The minimum absolute atomic E-state index is 0.247. The zero-order valence-corrected chi connectivity index (χ0v) is 13.2. The molecule has 3 nitrogen and oxygen atoms in total. The van der Waals surface area contributed by atoms with E-state index in [1.54, 1.807) is 0 Å². The SMILES string of the molecule is CNc1cc(CC(C)C)nc(CSC(C)(C)C)n1. The van der Waals surface area contributed by atoms with Gasteiger partial charge < -0.3 is 5.32 Å². The van der Waals surface area contributed by atoms with E-state index in [0.29, 0.717) is 5.92 Å². The Morgan fingerprint density at radius 2 is 1.94 bits per heavy atom. The summed E-state index contributed by atoms with van der Waals surface area (Å²) in [7, 11) is 1.90. The molecule has 4 heteroatoms. The van der Waals surface area contributed by atoms with E-state index in [0.717, 1.165) is 29.5 Å². The van der Waals surface area contributed by atoms with Gasteiger partial charge in [0.2, 0.25) is 0 Å². The molecule has 0 atom stereocenters. The van der Waals surface area contributed by atoms with E-state index >= 15 is 0 Å². The Labute approximate surface area is 115 Å². The molecule has 0 spiro atoms. The van der Waals surface area contributed by atoms with Gasteiger partial charge in [-0.15, -0.1) is 11.8 Å². The van der Waals surface area contributed by atoms with Gasteiger partial charge in [-0.25, -0.2) is 9.97 Å². The largest absolute Gasteiger partial charge is 0.373 e. The van der Waals surface area contributed by atoms with Gasteiger partial charge in [0, 0.05) is 23.6 Å². The Balaban J connectivity index is 2.83. The van der Waals surface area contributed by atoms with Crippen molar-refractivity contribution in [3.8, 4) is 0 Å². The molecule has 102 valence electrons. The van der Waals surface area contributed by atoms with Gasteiger partial charge in [-0.1, -0.05) is 34.6 Å². The van der Waals surface area contributed by atoms with Crippen LogP contribution in [-0.2, 0) is 12.2 Å². The van der Waals surface area contributed by atoms with Crippen molar-refractivity contribution >= 4 is 17.6 Å². The zero-order chi connectivity index (χ0) is 13.8. The summed E-state index contributed by atoms with van der Waals surface area (Å²) in [6.45, 7) is 11.1. The van der Waals surface area contributed by atoms with Crippen molar-refractivity contribution in [2.45, 2.75) is 51.5 Å². The smallest absolute Gasteiger partial charge is 0.140 e. The maximum absolute atomic E-state index is 4.65. The Hall–Kier alpha value is -0.770. The molecule has 0 unspecified atom stereocenters. The lowest BCUT2D eigenvalue weighted by Gasteiger charge is -2.17. The van der Waals surface area contributed by atoms with Crippen molar-refractivity contribution in [1.82, 2.24) is 9.97 Å². The molecule has 1 rings (SSSR count). The van der Waals surface area contributed by atoms with Crippen molar-refractivity contribution in [3.05, 3.63) is 17.6 Å². The minimum atomic E-state index is 0.247. The Morgan fingerprint density at radius 1 is 1.28 bits per heavy atom. The maximum atomic E-state index is 4.65. The lowest BCUT2D eigenvalue weighted by atomic mass is 10.1. The second-order valence-electron chi connectivity index (χ2n) is 5.91. The third-order valence-electron chi connectivity index (χ3n) is 2.33. The Morgan fingerprint density at radius 3 is 2.44 bits per heavy atom. The van der Waals surface area contributed by atoms with Crippen LogP contribution in [0, 0.1) is 5.92 Å². The highest BCUT2D eigenvalue weighted by Crippen LogP contribution is 2.26. The molecule has 0 aliphatic rings. The zero-order valence-electron chi connectivity index (χ0n) is 12.4. The molecule has 0 aliphatic carbocycles. The monoisotopic (exact) mass is 267 g/mol. The normalized spacial score (nSPS) is 11.9. The molecule has 0 saturated carbocycles. The molecule has 1 aromatic heterocycles. The predicted octanol–water partition coefficient (Wildman–Crippen LogP) is 3.75. The van der Waals surface area contributed by atoms with Crippen LogP contribution in [-0.4, -0.2) is 21.8 Å². The summed E-state index contributed by atoms with van der Waals surface area (Å²) >= 11 is 1.88. The Bertz CT molecular complexity index is 383. The first-order valence-corrected chi connectivity index (χ1v) is 7.47. The van der Waals surface area contributed by atoms with Crippen LogP contribution in [0.5, 0.6) is 0 Å². The number of anilines is 1. The summed E-state index contributed by atoms with van der Waals surface area (Å²) in [6.07, 6.45) is 1.00. The summed E-state index contributed by atoms with van der Waals surface area (Å²) in [4.78, 5) is 9.17. The average molecular weight is 267 g/mol. The van der Waals surface area contributed by atoms with Gasteiger partial charge in [-0.05, 0) is 12.3 Å².